The summed E-state index contributed by atoms with van der Waals surface area (Å²) in [6, 6.07) is 0.000287. The smallest absolute Gasteiger partial charge is 0.237 e. The van der Waals surface area contributed by atoms with Crippen LogP contribution in [0.15, 0.2) is 0 Å². The molecule has 1 fully saturated rings. The van der Waals surface area contributed by atoms with Gasteiger partial charge in [0.05, 0.1) is 6.04 Å². The van der Waals surface area contributed by atoms with Crippen molar-refractivity contribution in [1.82, 2.24) is 10.6 Å². The van der Waals surface area contributed by atoms with Crippen molar-refractivity contribution >= 4 is 5.91 Å². The molecule has 0 bridgehead atoms. The van der Waals surface area contributed by atoms with Gasteiger partial charge in [0.15, 0.2) is 0 Å². The molecular formula is C13H26N2O2. The zero-order valence-corrected chi connectivity index (χ0v) is 11.1. The Morgan fingerprint density at radius 1 is 1.47 bits per heavy atom. The molecule has 1 aliphatic heterocycles. The van der Waals surface area contributed by atoms with Crippen LogP contribution in [0.3, 0.4) is 0 Å². The predicted molar refractivity (Wildman–Crippen MR) is 68.9 cm³/mol. The molecule has 1 aliphatic rings. The standard InChI is InChI=1S/C13H26N2O2/c1-3-9-17-10-5-8-15-13(16)12-11(2)6-4-7-14-12/h11-12,14H,3-10H2,1-2H3,(H,15,16). The van der Waals surface area contributed by atoms with Crippen LogP contribution in [-0.4, -0.2) is 38.3 Å². The first-order valence-electron chi connectivity index (χ1n) is 6.84. The number of ether oxygens (including phenoxy) is 1. The normalized spacial score (nSPS) is 24.6. The summed E-state index contributed by atoms with van der Waals surface area (Å²) >= 11 is 0. The summed E-state index contributed by atoms with van der Waals surface area (Å²) in [7, 11) is 0. The fourth-order valence-electron chi connectivity index (χ4n) is 2.14. The number of piperidine rings is 1. The van der Waals surface area contributed by atoms with E-state index in [2.05, 4.69) is 24.5 Å². The monoisotopic (exact) mass is 242 g/mol. The predicted octanol–water partition coefficient (Wildman–Crippen LogP) is 1.31. The zero-order chi connectivity index (χ0) is 12.5. The van der Waals surface area contributed by atoms with Gasteiger partial charge >= 0.3 is 0 Å². The third-order valence-corrected chi connectivity index (χ3v) is 3.17. The van der Waals surface area contributed by atoms with E-state index in [0.29, 0.717) is 12.5 Å². The van der Waals surface area contributed by atoms with Crippen LogP contribution in [0.2, 0.25) is 0 Å². The molecule has 0 aromatic rings. The summed E-state index contributed by atoms with van der Waals surface area (Å²) in [4.78, 5) is 11.9. The largest absolute Gasteiger partial charge is 0.381 e. The molecule has 2 unspecified atom stereocenters. The first-order valence-corrected chi connectivity index (χ1v) is 6.84. The van der Waals surface area contributed by atoms with Gasteiger partial charge in [-0.05, 0) is 38.1 Å². The number of hydrogen-bond acceptors (Lipinski definition) is 3. The van der Waals surface area contributed by atoms with Crippen molar-refractivity contribution in [1.29, 1.82) is 0 Å². The lowest BCUT2D eigenvalue weighted by molar-refractivity contribution is -0.124. The van der Waals surface area contributed by atoms with Gasteiger partial charge < -0.3 is 15.4 Å². The minimum Gasteiger partial charge on any atom is -0.381 e. The molecule has 0 aromatic carbocycles. The Hall–Kier alpha value is -0.610. The average molecular weight is 242 g/mol. The number of carbonyl (C=O) groups is 1. The molecule has 1 rings (SSSR count). The Kier molecular flexibility index (Phi) is 7.21. The Labute approximate surface area is 104 Å². The van der Waals surface area contributed by atoms with Crippen LogP contribution in [0.25, 0.3) is 0 Å². The van der Waals surface area contributed by atoms with E-state index in [-0.39, 0.29) is 11.9 Å². The van der Waals surface area contributed by atoms with E-state index in [1.54, 1.807) is 0 Å². The van der Waals surface area contributed by atoms with E-state index in [4.69, 9.17) is 4.74 Å². The van der Waals surface area contributed by atoms with E-state index in [1.807, 2.05) is 0 Å². The van der Waals surface area contributed by atoms with Crippen LogP contribution in [-0.2, 0) is 9.53 Å². The molecular weight excluding hydrogens is 216 g/mol. The molecule has 1 heterocycles. The highest BCUT2D eigenvalue weighted by Gasteiger charge is 2.26. The number of nitrogens with one attached hydrogen (secondary N) is 2. The number of rotatable bonds is 7. The van der Waals surface area contributed by atoms with Gasteiger partial charge in [-0.1, -0.05) is 13.8 Å². The molecule has 17 heavy (non-hydrogen) atoms. The Morgan fingerprint density at radius 3 is 3.00 bits per heavy atom. The maximum atomic E-state index is 11.9. The van der Waals surface area contributed by atoms with Crippen molar-refractivity contribution in [3.8, 4) is 0 Å². The lowest BCUT2D eigenvalue weighted by atomic mass is 9.92. The van der Waals surface area contributed by atoms with Crippen LogP contribution < -0.4 is 10.6 Å². The van der Waals surface area contributed by atoms with Gasteiger partial charge in [0.2, 0.25) is 5.91 Å². The minimum absolute atomic E-state index is 0.000287. The van der Waals surface area contributed by atoms with Gasteiger partial charge in [-0.2, -0.15) is 0 Å². The third kappa shape index (κ3) is 5.50. The molecule has 0 aliphatic carbocycles. The molecule has 1 amide bonds. The van der Waals surface area contributed by atoms with Crippen molar-refractivity contribution in [2.75, 3.05) is 26.3 Å². The molecule has 0 saturated carbocycles. The van der Waals surface area contributed by atoms with E-state index in [0.717, 1.165) is 39.0 Å². The first kappa shape index (κ1) is 14.5. The lowest BCUT2D eigenvalue weighted by Crippen LogP contribution is -2.51. The number of carbonyl (C=O) groups excluding carboxylic acids is 1. The highest BCUT2D eigenvalue weighted by molar-refractivity contribution is 5.82. The Bertz CT molecular complexity index is 221. The van der Waals surface area contributed by atoms with Crippen molar-refractivity contribution in [3.05, 3.63) is 0 Å². The summed E-state index contributed by atoms with van der Waals surface area (Å²) in [5, 5.41) is 6.26. The van der Waals surface area contributed by atoms with Crippen LogP contribution in [0.5, 0.6) is 0 Å². The SMILES string of the molecule is CCCOCCCNC(=O)C1NCCCC1C. The highest BCUT2D eigenvalue weighted by Crippen LogP contribution is 2.15. The fourth-order valence-corrected chi connectivity index (χ4v) is 2.14. The van der Waals surface area contributed by atoms with Gasteiger partial charge in [0, 0.05) is 19.8 Å². The Morgan fingerprint density at radius 2 is 2.29 bits per heavy atom. The van der Waals surface area contributed by atoms with Crippen LogP contribution in [0, 0.1) is 5.92 Å². The fraction of sp³-hybridized carbons (Fsp3) is 0.923. The second-order valence-corrected chi connectivity index (χ2v) is 4.81. The molecule has 0 aromatic heterocycles. The molecule has 4 heteroatoms. The zero-order valence-electron chi connectivity index (χ0n) is 11.1. The van der Waals surface area contributed by atoms with E-state index in [9.17, 15) is 4.79 Å². The molecule has 2 atom stereocenters. The second kappa shape index (κ2) is 8.48. The first-order chi connectivity index (χ1) is 8.25. The number of hydrogen-bond donors (Lipinski definition) is 2. The molecule has 0 spiro atoms. The summed E-state index contributed by atoms with van der Waals surface area (Å²) in [6.45, 7) is 7.46. The minimum atomic E-state index is 0.000287. The second-order valence-electron chi connectivity index (χ2n) is 4.81. The maximum absolute atomic E-state index is 11.9. The van der Waals surface area contributed by atoms with Gasteiger partial charge in [0.1, 0.15) is 0 Å². The molecule has 2 N–H and O–H groups in total. The molecule has 100 valence electrons. The third-order valence-electron chi connectivity index (χ3n) is 3.17. The van der Waals surface area contributed by atoms with Crippen LogP contribution in [0.4, 0.5) is 0 Å². The van der Waals surface area contributed by atoms with Gasteiger partial charge in [-0.3, -0.25) is 4.79 Å². The van der Waals surface area contributed by atoms with Crippen molar-refractivity contribution in [3.63, 3.8) is 0 Å². The molecule has 1 saturated heterocycles. The molecule has 0 radical (unpaired) electrons. The van der Waals surface area contributed by atoms with Gasteiger partial charge in [-0.15, -0.1) is 0 Å². The van der Waals surface area contributed by atoms with E-state index < -0.39 is 0 Å². The maximum Gasteiger partial charge on any atom is 0.237 e. The topological polar surface area (TPSA) is 50.4 Å². The lowest BCUT2D eigenvalue weighted by Gasteiger charge is -2.28. The van der Waals surface area contributed by atoms with Gasteiger partial charge in [0.25, 0.3) is 0 Å². The van der Waals surface area contributed by atoms with Gasteiger partial charge in [-0.25, -0.2) is 0 Å². The van der Waals surface area contributed by atoms with Crippen molar-refractivity contribution in [2.24, 2.45) is 5.92 Å². The van der Waals surface area contributed by atoms with Crippen molar-refractivity contribution < 1.29 is 9.53 Å². The highest BCUT2D eigenvalue weighted by atomic mass is 16.5. The summed E-state index contributed by atoms with van der Waals surface area (Å²) in [6.07, 6.45) is 4.27. The Balaban J connectivity index is 2.07. The van der Waals surface area contributed by atoms with Crippen molar-refractivity contribution in [2.45, 2.75) is 45.6 Å². The average Bonchev–Trinajstić information content (AvgIpc) is 2.34. The molecule has 4 nitrogen and oxygen atoms in total. The number of amides is 1. The summed E-state index contributed by atoms with van der Waals surface area (Å²) < 4.78 is 5.36. The van der Waals surface area contributed by atoms with Crippen LogP contribution in [0.1, 0.15) is 39.5 Å². The van der Waals surface area contributed by atoms with Crippen LogP contribution >= 0.6 is 0 Å². The summed E-state index contributed by atoms with van der Waals surface area (Å²) in [5.41, 5.74) is 0. The quantitative estimate of drug-likeness (QED) is 0.662. The summed E-state index contributed by atoms with van der Waals surface area (Å²) in [5.74, 6) is 0.591. The van der Waals surface area contributed by atoms with E-state index in [1.165, 1.54) is 6.42 Å². The van der Waals surface area contributed by atoms with E-state index >= 15 is 0 Å².